The number of carbonyl (C=O) groups is 1. The van der Waals surface area contributed by atoms with E-state index < -0.39 is 5.97 Å². The number of ether oxygens (including phenoxy) is 1. The van der Waals surface area contributed by atoms with Crippen molar-refractivity contribution in [2.45, 2.75) is 32.3 Å². The molecule has 80 valence electrons. The standard InChI is InChI=1S/C11H13NO3/c1-2-7-5-9(15-8-3-4-8)6-10(12-7)11(13)14/h5-6,8H,2-4H2,1H3,(H,13,14). The van der Waals surface area contributed by atoms with Crippen molar-refractivity contribution in [3.05, 3.63) is 23.5 Å². The van der Waals surface area contributed by atoms with Crippen LogP contribution < -0.4 is 4.74 Å². The van der Waals surface area contributed by atoms with E-state index in [1.807, 2.05) is 13.0 Å². The predicted molar refractivity (Wildman–Crippen MR) is 54.2 cm³/mol. The molecule has 1 aliphatic carbocycles. The number of rotatable bonds is 4. The first-order valence-corrected chi connectivity index (χ1v) is 5.10. The normalized spacial score (nSPS) is 15.0. The van der Waals surface area contributed by atoms with E-state index in [0.717, 1.165) is 18.5 Å². The summed E-state index contributed by atoms with van der Waals surface area (Å²) >= 11 is 0. The van der Waals surface area contributed by atoms with Crippen LogP contribution in [-0.2, 0) is 6.42 Å². The lowest BCUT2D eigenvalue weighted by Gasteiger charge is -2.06. The Kier molecular flexibility index (Phi) is 2.58. The van der Waals surface area contributed by atoms with E-state index in [2.05, 4.69) is 4.98 Å². The number of hydrogen-bond acceptors (Lipinski definition) is 3. The molecule has 0 unspecified atom stereocenters. The van der Waals surface area contributed by atoms with Gasteiger partial charge >= 0.3 is 5.97 Å². The lowest BCUT2D eigenvalue weighted by atomic mass is 10.2. The van der Waals surface area contributed by atoms with Crippen molar-refractivity contribution < 1.29 is 14.6 Å². The average molecular weight is 207 g/mol. The number of hydrogen-bond donors (Lipinski definition) is 1. The molecule has 2 rings (SSSR count). The summed E-state index contributed by atoms with van der Waals surface area (Å²) in [6, 6.07) is 3.30. The number of aromatic nitrogens is 1. The smallest absolute Gasteiger partial charge is 0.354 e. The van der Waals surface area contributed by atoms with Gasteiger partial charge in [-0.15, -0.1) is 0 Å². The summed E-state index contributed by atoms with van der Waals surface area (Å²) in [4.78, 5) is 14.8. The van der Waals surface area contributed by atoms with Gasteiger partial charge in [-0.1, -0.05) is 6.92 Å². The second kappa shape index (κ2) is 3.88. The van der Waals surface area contributed by atoms with Gasteiger partial charge in [0.05, 0.1) is 6.10 Å². The highest BCUT2D eigenvalue weighted by Crippen LogP contribution is 2.27. The maximum absolute atomic E-state index is 10.8. The van der Waals surface area contributed by atoms with Crippen molar-refractivity contribution in [1.29, 1.82) is 0 Å². The van der Waals surface area contributed by atoms with Gasteiger partial charge in [-0.2, -0.15) is 0 Å². The van der Waals surface area contributed by atoms with Gasteiger partial charge in [0, 0.05) is 17.8 Å². The van der Waals surface area contributed by atoms with Crippen molar-refractivity contribution in [3.63, 3.8) is 0 Å². The summed E-state index contributed by atoms with van der Waals surface area (Å²) < 4.78 is 5.56. The van der Waals surface area contributed by atoms with Crippen LogP contribution in [0.2, 0.25) is 0 Å². The van der Waals surface area contributed by atoms with Crippen LogP contribution in [-0.4, -0.2) is 22.2 Å². The topological polar surface area (TPSA) is 59.4 Å². The van der Waals surface area contributed by atoms with Gasteiger partial charge < -0.3 is 9.84 Å². The Labute approximate surface area is 87.9 Å². The minimum absolute atomic E-state index is 0.0602. The Morgan fingerprint density at radius 3 is 2.87 bits per heavy atom. The van der Waals surface area contributed by atoms with Gasteiger partial charge in [0.2, 0.25) is 0 Å². The Hall–Kier alpha value is -1.58. The Balaban J connectivity index is 2.27. The Bertz CT molecular complexity index is 385. The summed E-state index contributed by atoms with van der Waals surface area (Å²) in [6.07, 6.45) is 3.11. The molecule has 0 saturated heterocycles. The van der Waals surface area contributed by atoms with Gasteiger partial charge in [0.15, 0.2) is 5.69 Å². The highest BCUT2D eigenvalue weighted by atomic mass is 16.5. The fraction of sp³-hybridized carbons (Fsp3) is 0.455. The maximum Gasteiger partial charge on any atom is 0.354 e. The molecule has 4 nitrogen and oxygen atoms in total. The average Bonchev–Trinajstić information content (AvgIpc) is 3.01. The molecule has 4 heteroatoms. The lowest BCUT2D eigenvalue weighted by molar-refractivity contribution is 0.0689. The van der Waals surface area contributed by atoms with Gasteiger partial charge in [-0.3, -0.25) is 0 Å². The first-order valence-electron chi connectivity index (χ1n) is 5.10. The van der Waals surface area contributed by atoms with E-state index in [-0.39, 0.29) is 11.8 Å². The summed E-state index contributed by atoms with van der Waals surface area (Å²) in [5, 5.41) is 8.86. The first kappa shape index (κ1) is 9.96. The van der Waals surface area contributed by atoms with Crippen LogP contribution in [0.15, 0.2) is 12.1 Å². The fourth-order valence-corrected chi connectivity index (χ4v) is 1.30. The summed E-state index contributed by atoms with van der Waals surface area (Å²) in [5.41, 5.74) is 0.815. The largest absolute Gasteiger partial charge is 0.490 e. The molecule has 1 N–H and O–H groups in total. The molecule has 1 aromatic rings. The Morgan fingerprint density at radius 2 is 2.33 bits per heavy atom. The molecule has 0 spiro atoms. The van der Waals surface area contributed by atoms with Crippen LogP contribution in [0, 0.1) is 0 Å². The first-order chi connectivity index (χ1) is 7.19. The third-order valence-corrected chi connectivity index (χ3v) is 2.26. The molecule has 0 amide bonds. The minimum Gasteiger partial charge on any atom is -0.490 e. The molecule has 0 aromatic carbocycles. The SMILES string of the molecule is CCc1cc(OC2CC2)cc(C(=O)O)n1. The summed E-state index contributed by atoms with van der Waals surface area (Å²) in [5.74, 6) is -0.382. The lowest BCUT2D eigenvalue weighted by Crippen LogP contribution is -2.05. The minimum atomic E-state index is -1.01. The van der Waals surface area contributed by atoms with E-state index in [9.17, 15) is 4.79 Å². The highest BCUT2D eigenvalue weighted by molar-refractivity contribution is 5.85. The molecule has 0 bridgehead atoms. The van der Waals surface area contributed by atoms with Crippen molar-refractivity contribution in [2.75, 3.05) is 0 Å². The van der Waals surface area contributed by atoms with Crippen molar-refractivity contribution in [1.82, 2.24) is 4.98 Å². The van der Waals surface area contributed by atoms with Crippen LogP contribution in [0.3, 0.4) is 0 Å². The second-order valence-electron chi connectivity index (χ2n) is 3.66. The van der Waals surface area contributed by atoms with Crippen LogP contribution in [0.1, 0.15) is 35.9 Å². The second-order valence-corrected chi connectivity index (χ2v) is 3.66. The molecule has 0 atom stereocenters. The molecule has 1 fully saturated rings. The van der Waals surface area contributed by atoms with E-state index in [0.29, 0.717) is 12.2 Å². The molecule has 1 saturated carbocycles. The number of aryl methyl sites for hydroxylation is 1. The van der Waals surface area contributed by atoms with E-state index in [4.69, 9.17) is 9.84 Å². The highest BCUT2D eigenvalue weighted by Gasteiger charge is 2.24. The van der Waals surface area contributed by atoms with Crippen LogP contribution >= 0.6 is 0 Å². The van der Waals surface area contributed by atoms with Gasteiger partial charge in [0.1, 0.15) is 5.75 Å². The van der Waals surface area contributed by atoms with Gasteiger partial charge in [0.25, 0.3) is 0 Å². The van der Waals surface area contributed by atoms with Gasteiger partial charge in [-0.05, 0) is 19.3 Å². The molecule has 1 aliphatic rings. The van der Waals surface area contributed by atoms with E-state index >= 15 is 0 Å². The molecule has 1 heterocycles. The maximum atomic E-state index is 10.8. The van der Waals surface area contributed by atoms with Crippen molar-refractivity contribution in [2.24, 2.45) is 0 Å². The third-order valence-electron chi connectivity index (χ3n) is 2.26. The van der Waals surface area contributed by atoms with Crippen LogP contribution in [0.5, 0.6) is 5.75 Å². The van der Waals surface area contributed by atoms with Crippen molar-refractivity contribution >= 4 is 5.97 Å². The number of pyridine rings is 1. The molecule has 0 radical (unpaired) electrons. The Morgan fingerprint density at radius 1 is 1.60 bits per heavy atom. The van der Waals surface area contributed by atoms with Crippen molar-refractivity contribution in [3.8, 4) is 5.75 Å². The summed E-state index contributed by atoms with van der Waals surface area (Å²) in [6.45, 7) is 1.94. The van der Waals surface area contributed by atoms with E-state index in [1.54, 1.807) is 0 Å². The zero-order valence-corrected chi connectivity index (χ0v) is 8.56. The van der Waals surface area contributed by atoms with E-state index in [1.165, 1.54) is 6.07 Å². The third kappa shape index (κ3) is 2.46. The quantitative estimate of drug-likeness (QED) is 0.818. The molecular formula is C11H13NO3. The number of aromatic carboxylic acids is 1. The fourth-order valence-electron chi connectivity index (χ4n) is 1.30. The zero-order chi connectivity index (χ0) is 10.8. The number of carboxylic acid groups (broad SMARTS) is 1. The predicted octanol–water partition coefficient (Wildman–Crippen LogP) is 1.88. The zero-order valence-electron chi connectivity index (χ0n) is 8.56. The summed E-state index contributed by atoms with van der Waals surface area (Å²) in [7, 11) is 0. The van der Waals surface area contributed by atoms with Crippen LogP contribution in [0.25, 0.3) is 0 Å². The molecule has 1 aromatic heterocycles. The van der Waals surface area contributed by atoms with Gasteiger partial charge in [-0.25, -0.2) is 9.78 Å². The number of carboxylic acids is 1. The number of nitrogens with zero attached hydrogens (tertiary/aromatic N) is 1. The molecule has 0 aliphatic heterocycles. The molecular weight excluding hydrogens is 194 g/mol. The monoisotopic (exact) mass is 207 g/mol. The van der Waals surface area contributed by atoms with Crippen LogP contribution in [0.4, 0.5) is 0 Å². The molecule has 15 heavy (non-hydrogen) atoms.